The van der Waals surface area contributed by atoms with Crippen LogP contribution in [-0.4, -0.2) is 49.4 Å². The minimum absolute atomic E-state index is 0.0808. The highest BCUT2D eigenvalue weighted by Gasteiger charge is 2.19. The second-order valence-corrected chi connectivity index (χ2v) is 6.26. The molecule has 0 N–H and O–H groups in total. The average Bonchev–Trinajstić information content (AvgIpc) is 2.90. The zero-order valence-electron chi connectivity index (χ0n) is 15.0. The number of anilines is 1. The minimum atomic E-state index is -0.453. The van der Waals surface area contributed by atoms with Gasteiger partial charge in [0, 0.05) is 38.7 Å². The molecule has 0 radical (unpaired) electrons. The Morgan fingerprint density at radius 2 is 1.80 bits per heavy atom. The number of ether oxygens (including phenoxy) is 1. The second-order valence-electron chi connectivity index (χ2n) is 6.26. The van der Waals surface area contributed by atoms with Crippen LogP contribution in [0, 0.1) is 0 Å². The van der Waals surface area contributed by atoms with E-state index in [1.54, 1.807) is 24.3 Å². The lowest BCUT2D eigenvalue weighted by atomic mass is 10.1. The van der Waals surface area contributed by atoms with E-state index in [9.17, 15) is 14.4 Å². The van der Waals surface area contributed by atoms with Crippen molar-refractivity contribution in [1.82, 2.24) is 4.90 Å². The second kappa shape index (κ2) is 9.20. The molecule has 25 heavy (non-hydrogen) atoms. The van der Waals surface area contributed by atoms with E-state index in [-0.39, 0.29) is 18.2 Å². The van der Waals surface area contributed by atoms with Gasteiger partial charge >= 0.3 is 5.97 Å². The Morgan fingerprint density at radius 3 is 2.40 bits per heavy atom. The normalized spacial score (nSPS) is 14.6. The van der Waals surface area contributed by atoms with Crippen LogP contribution in [0.5, 0.6) is 0 Å². The Kier molecular flexibility index (Phi) is 6.98. The summed E-state index contributed by atoms with van der Waals surface area (Å²) in [7, 11) is 1.32. The number of rotatable bonds is 5. The van der Waals surface area contributed by atoms with Gasteiger partial charge in [-0.25, -0.2) is 4.79 Å². The van der Waals surface area contributed by atoms with Gasteiger partial charge in [-0.2, -0.15) is 0 Å². The highest BCUT2D eigenvalue weighted by molar-refractivity contribution is 5.95. The van der Waals surface area contributed by atoms with Crippen molar-refractivity contribution >= 4 is 23.5 Å². The number of carbonyl (C=O) groups excluding carboxylic acids is 3. The van der Waals surface area contributed by atoms with Gasteiger partial charge < -0.3 is 14.5 Å². The molecule has 0 bridgehead atoms. The van der Waals surface area contributed by atoms with Gasteiger partial charge in [-0.05, 0) is 31.0 Å². The van der Waals surface area contributed by atoms with Gasteiger partial charge in [0.15, 0.2) is 0 Å². The summed E-state index contributed by atoms with van der Waals surface area (Å²) in [5.74, 6) is -0.533. The molecule has 1 aromatic carbocycles. The van der Waals surface area contributed by atoms with Crippen molar-refractivity contribution in [2.45, 2.75) is 39.0 Å². The fourth-order valence-corrected chi connectivity index (χ4v) is 3.07. The third kappa shape index (κ3) is 5.31. The van der Waals surface area contributed by atoms with E-state index in [4.69, 9.17) is 4.74 Å². The third-order valence-corrected chi connectivity index (χ3v) is 4.47. The molecule has 1 saturated heterocycles. The van der Waals surface area contributed by atoms with Crippen molar-refractivity contribution in [3.8, 4) is 0 Å². The van der Waals surface area contributed by atoms with E-state index in [2.05, 4.69) is 0 Å². The smallest absolute Gasteiger partial charge is 0.337 e. The molecule has 2 amide bonds. The lowest BCUT2D eigenvalue weighted by molar-refractivity contribution is -0.131. The lowest BCUT2D eigenvalue weighted by Gasteiger charge is -2.24. The van der Waals surface area contributed by atoms with Gasteiger partial charge in [-0.15, -0.1) is 0 Å². The third-order valence-electron chi connectivity index (χ3n) is 4.47. The Morgan fingerprint density at radius 1 is 1.12 bits per heavy atom. The fraction of sp³-hybridized carbons (Fsp3) is 0.526. The van der Waals surface area contributed by atoms with Crippen molar-refractivity contribution in [3.05, 3.63) is 29.8 Å². The molecule has 6 nitrogen and oxygen atoms in total. The van der Waals surface area contributed by atoms with Crippen molar-refractivity contribution in [3.63, 3.8) is 0 Å². The monoisotopic (exact) mass is 346 g/mol. The van der Waals surface area contributed by atoms with E-state index in [1.807, 2.05) is 4.90 Å². The molecule has 6 heteroatoms. The summed E-state index contributed by atoms with van der Waals surface area (Å²) < 4.78 is 4.72. The highest BCUT2D eigenvalue weighted by Crippen LogP contribution is 2.18. The molecular weight excluding hydrogens is 320 g/mol. The summed E-state index contributed by atoms with van der Waals surface area (Å²) in [6, 6.07) is 6.71. The zero-order valence-corrected chi connectivity index (χ0v) is 15.0. The molecule has 0 atom stereocenters. The maximum Gasteiger partial charge on any atom is 0.337 e. The molecule has 0 aliphatic carbocycles. The van der Waals surface area contributed by atoms with E-state index in [1.165, 1.54) is 31.8 Å². The van der Waals surface area contributed by atoms with Gasteiger partial charge in [-0.3, -0.25) is 9.59 Å². The molecule has 1 aliphatic heterocycles. The molecule has 1 heterocycles. The van der Waals surface area contributed by atoms with Crippen LogP contribution in [0.15, 0.2) is 24.3 Å². The number of likely N-dealkylation sites (tertiary alicyclic amines) is 1. The minimum Gasteiger partial charge on any atom is -0.465 e. The topological polar surface area (TPSA) is 66.9 Å². The molecule has 0 aromatic heterocycles. The van der Waals surface area contributed by atoms with Gasteiger partial charge in [-0.1, -0.05) is 18.9 Å². The van der Waals surface area contributed by atoms with Crippen molar-refractivity contribution in [2.75, 3.05) is 31.6 Å². The molecule has 0 spiro atoms. The van der Waals surface area contributed by atoms with E-state index < -0.39 is 5.97 Å². The molecule has 0 unspecified atom stereocenters. The largest absolute Gasteiger partial charge is 0.465 e. The number of esters is 1. The van der Waals surface area contributed by atoms with Crippen LogP contribution in [0.4, 0.5) is 5.69 Å². The maximum atomic E-state index is 12.4. The molecule has 1 aromatic rings. The Bertz CT molecular complexity index is 622. The van der Waals surface area contributed by atoms with Crippen LogP contribution in [0.25, 0.3) is 0 Å². The van der Waals surface area contributed by atoms with Crippen LogP contribution in [0.2, 0.25) is 0 Å². The number of amides is 2. The first-order valence-corrected chi connectivity index (χ1v) is 8.77. The molecule has 0 saturated carbocycles. The molecule has 136 valence electrons. The molecule has 1 fully saturated rings. The summed E-state index contributed by atoms with van der Waals surface area (Å²) in [6.45, 7) is 3.37. The molecule has 2 rings (SSSR count). The Labute approximate surface area is 148 Å². The summed E-state index contributed by atoms with van der Waals surface area (Å²) in [6.07, 6.45) is 4.71. The van der Waals surface area contributed by atoms with Crippen LogP contribution < -0.4 is 4.90 Å². The van der Waals surface area contributed by atoms with Gasteiger partial charge in [0.1, 0.15) is 0 Å². The van der Waals surface area contributed by atoms with Crippen LogP contribution in [-0.2, 0) is 14.3 Å². The maximum absolute atomic E-state index is 12.4. The number of methoxy groups -OCH3 is 1. The number of carbonyl (C=O) groups is 3. The van der Waals surface area contributed by atoms with Gasteiger partial charge in [0.05, 0.1) is 12.7 Å². The SMILES string of the molecule is COC(=O)c1cccc(N(CCC(=O)N2CCCCCC2)C(C)=O)c1. The Balaban J connectivity index is 2.04. The van der Waals surface area contributed by atoms with E-state index >= 15 is 0 Å². The van der Waals surface area contributed by atoms with Gasteiger partial charge in [0.2, 0.25) is 11.8 Å². The Hall–Kier alpha value is -2.37. The lowest BCUT2D eigenvalue weighted by Crippen LogP contribution is -2.37. The predicted molar refractivity (Wildman–Crippen MR) is 95.5 cm³/mol. The molecular formula is C19H26N2O4. The van der Waals surface area contributed by atoms with E-state index in [0.29, 0.717) is 17.8 Å². The highest BCUT2D eigenvalue weighted by atomic mass is 16.5. The number of hydrogen-bond acceptors (Lipinski definition) is 4. The van der Waals surface area contributed by atoms with Crippen molar-refractivity contribution < 1.29 is 19.1 Å². The predicted octanol–water partition coefficient (Wildman–Crippen LogP) is 2.62. The quantitative estimate of drug-likeness (QED) is 0.769. The first kappa shape index (κ1) is 19.0. The van der Waals surface area contributed by atoms with E-state index in [0.717, 1.165) is 25.9 Å². The summed E-state index contributed by atoms with van der Waals surface area (Å²) >= 11 is 0. The average molecular weight is 346 g/mol. The van der Waals surface area contributed by atoms with Crippen molar-refractivity contribution in [2.24, 2.45) is 0 Å². The van der Waals surface area contributed by atoms with Gasteiger partial charge in [0.25, 0.3) is 0 Å². The summed E-state index contributed by atoms with van der Waals surface area (Å²) in [5.41, 5.74) is 0.976. The summed E-state index contributed by atoms with van der Waals surface area (Å²) in [5, 5.41) is 0. The summed E-state index contributed by atoms with van der Waals surface area (Å²) in [4.78, 5) is 39.6. The zero-order chi connectivity index (χ0) is 18.2. The number of nitrogens with zero attached hydrogens (tertiary/aromatic N) is 2. The first-order valence-electron chi connectivity index (χ1n) is 8.77. The standard InChI is InChI=1S/C19H26N2O4/c1-15(22)21(17-9-7-8-16(14-17)19(24)25-2)13-10-18(23)20-11-5-3-4-6-12-20/h7-9,14H,3-6,10-13H2,1-2H3. The molecule has 1 aliphatic rings. The first-order chi connectivity index (χ1) is 12.0. The number of hydrogen-bond donors (Lipinski definition) is 0. The van der Waals surface area contributed by atoms with Crippen LogP contribution in [0.1, 0.15) is 49.4 Å². The number of benzene rings is 1. The van der Waals surface area contributed by atoms with Crippen molar-refractivity contribution in [1.29, 1.82) is 0 Å². The van der Waals surface area contributed by atoms with Crippen LogP contribution in [0.3, 0.4) is 0 Å². The fourth-order valence-electron chi connectivity index (χ4n) is 3.07. The van der Waals surface area contributed by atoms with Crippen LogP contribution >= 0.6 is 0 Å².